The minimum atomic E-state index is -0.551. The number of halogens is 1. The molecule has 142 valence electrons. The number of carbonyl (C=O) groups is 2. The highest BCUT2D eigenvalue weighted by Crippen LogP contribution is 2.25. The van der Waals surface area contributed by atoms with Crippen LogP contribution in [0.25, 0.3) is 0 Å². The molecule has 2 amide bonds. The minimum absolute atomic E-state index is 0.0405. The number of anilines is 2. The summed E-state index contributed by atoms with van der Waals surface area (Å²) in [6.45, 7) is 1.58. The first-order valence-corrected chi connectivity index (χ1v) is 8.68. The number of amides is 2. The number of nitro groups is 1. The Morgan fingerprint density at radius 1 is 1.19 bits per heavy atom. The van der Waals surface area contributed by atoms with Gasteiger partial charge in [0.25, 0.3) is 5.69 Å². The molecule has 0 aliphatic rings. The van der Waals surface area contributed by atoms with E-state index < -0.39 is 10.8 Å². The van der Waals surface area contributed by atoms with E-state index in [9.17, 15) is 19.7 Å². The van der Waals surface area contributed by atoms with Crippen LogP contribution in [0.5, 0.6) is 0 Å². The van der Waals surface area contributed by atoms with Crippen molar-refractivity contribution in [1.29, 1.82) is 0 Å². The molecule has 10 heteroatoms. The second kappa shape index (κ2) is 9.19. The van der Waals surface area contributed by atoms with Crippen molar-refractivity contribution in [2.24, 2.45) is 0 Å². The number of rotatable bonds is 7. The lowest BCUT2D eigenvalue weighted by Gasteiger charge is -2.16. The van der Waals surface area contributed by atoms with Crippen LogP contribution >= 0.6 is 15.9 Å². The van der Waals surface area contributed by atoms with Gasteiger partial charge in [-0.2, -0.15) is 0 Å². The highest BCUT2D eigenvalue weighted by Gasteiger charge is 2.17. The van der Waals surface area contributed by atoms with Gasteiger partial charge < -0.3 is 10.6 Å². The lowest BCUT2D eigenvalue weighted by Crippen LogP contribution is -2.36. The molecule has 0 saturated heterocycles. The molecule has 2 rings (SSSR count). The molecule has 0 spiro atoms. The summed E-state index contributed by atoms with van der Waals surface area (Å²) in [4.78, 5) is 40.2. The van der Waals surface area contributed by atoms with Crippen molar-refractivity contribution in [2.45, 2.75) is 6.92 Å². The second-order valence-corrected chi connectivity index (χ2v) is 6.82. The van der Waals surface area contributed by atoms with Gasteiger partial charge in [0.15, 0.2) is 0 Å². The van der Waals surface area contributed by atoms with Crippen LogP contribution in [0.4, 0.5) is 17.2 Å². The molecule has 27 heavy (non-hydrogen) atoms. The summed E-state index contributed by atoms with van der Waals surface area (Å²) in [5, 5.41) is 16.2. The number of aromatic nitrogens is 1. The summed E-state index contributed by atoms with van der Waals surface area (Å²) < 4.78 is 0.791. The molecule has 0 saturated carbocycles. The van der Waals surface area contributed by atoms with E-state index in [1.54, 1.807) is 38.4 Å². The van der Waals surface area contributed by atoms with Crippen molar-refractivity contribution in [1.82, 2.24) is 9.88 Å². The highest BCUT2D eigenvalue weighted by molar-refractivity contribution is 9.10. The molecule has 9 nitrogen and oxygen atoms in total. The number of aryl methyl sites for hydroxylation is 1. The molecule has 0 bridgehead atoms. The third-order valence-corrected chi connectivity index (χ3v) is 3.92. The molecule has 2 N–H and O–H groups in total. The van der Waals surface area contributed by atoms with Crippen LogP contribution in [0.3, 0.4) is 0 Å². The first-order valence-electron chi connectivity index (χ1n) is 7.89. The van der Waals surface area contributed by atoms with Crippen LogP contribution in [0.15, 0.2) is 41.0 Å². The fourth-order valence-electron chi connectivity index (χ4n) is 2.27. The van der Waals surface area contributed by atoms with Crippen molar-refractivity contribution in [2.75, 3.05) is 30.8 Å². The Balaban J connectivity index is 1.89. The van der Waals surface area contributed by atoms with Gasteiger partial charge in [-0.05, 0) is 53.7 Å². The summed E-state index contributed by atoms with van der Waals surface area (Å²) in [5.74, 6) is -0.392. The average Bonchev–Trinajstić information content (AvgIpc) is 2.58. The Labute approximate surface area is 164 Å². The third-order valence-electron chi connectivity index (χ3n) is 3.45. The topological polar surface area (TPSA) is 117 Å². The van der Waals surface area contributed by atoms with E-state index in [1.807, 2.05) is 0 Å². The molecule has 0 fully saturated rings. The summed E-state index contributed by atoms with van der Waals surface area (Å²) in [6, 6.07) is 7.93. The molecular formula is C17H18BrN5O4. The van der Waals surface area contributed by atoms with Crippen LogP contribution in [-0.2, 0) is 9.59 Å². The first-order chi connectivity index (χ1) is 12.7. The molecule has 0 aliphatic heterocycles. The van der Waals surface area contributed by atoms with Crippen molar-refractivity contribution < 1.29 is 14.5 Å². The van der Waals surface area contributed by atoms with Crippen molar-refractivity contribution in [3.8, 4) is 0 Å². The number of benzene rings is 1. The van der Waals surface area contributed by atoms with Gasteiger partial charge in [-0.25, -0.2) is 4.98 Å². The molecule has 0 aliphatic carbocycles. The summed E-state index contributed by atoms with van der Waals surface area (Å²) in [5.41, 5.74) is 0.660. The maximum atomic E-state index is 12.1. The van der Waals surface area contributed by atoms with Gasteiger partial charge in [0.2, 0.25) is 11.8 Å². The number of hydrogen-bond donors (Lipinski definition) is 2. The van der Waals surface area contributed by atoms with Gasteiger partial charge in [0.05, 0.1) is 18.0 Å². The Kier molecular flexibility index (Phi) is 6.97. The number of carbonyl (C=O) groups excluding carboxylic acids is 2. The lowest BCUT2D eigenvalue weighted by atomic mass is 10.2. The number of likely N-dealkylation sites (N-methyl/N-ethyl adjacent to an activating group) is 1. The quantitative estimate of drug-likeness (QED) is 0.509. The van der Waals surface area contributed by atoms with Crippen LogP contribution < -0.4 is 10.6 Å². The predicted molar refractivity (Wildman–Crippen MR) is 105 cm³/mol. The smallest absolute Gasteiger partial charge is 0.293 e. The molecule has 1 aromatic carbocycles. The van der Waals surface area contributed by atoms with Crippen LogP contribution in [0.2, 0.25) is 0 Å². The lowest BCUT2D eigenvalue weighted by molar-refractivity contribution is -0.384. The number of nitrogens with zero attached hydrogens (tertiary/aromatic N) is 3. The molecule has 0 atom stereocenters. The molecule has 2 aromatic rings. The van der Waals surface area contributed by atoms with Gasteiger partial charge in [0, 0.05) is 16.7 Å². The fourth-order valence-corrected chi connectivity index (χ4v) is 2.50. The largest absolute Gasteiger partial charge is 0.319 e. The summed E-state index contributed by atoms with van der Waals surface area (Å²) in [7, 11) is 1.59. The third kappa shape index (κ3) is 6.42. The SMILES string of the molecule is Cc1ccc(NC(=O)CN(C)CC(=O)Nc2ccc(Br)cn2)c([N+](=O)[O-])c1. The molecular weight excluding hydrogens is 418 g/mol. The average molecular weight is 436 g/mol. The Hall–Kier alpha value is -2.85. The van der Waals surface area contributed by atoms with E-state index in [0.29, 0.717) is 5.82 Å². The standard InChI is InChI=1S/C17H18BrN5O4/c1-11-3-5-13(14(7-11)23(26)27)20-16(24)9-22(2)10-17(25)21-15-6-4-12(18)8-19-15/h3-8H,9-10H2,1-2H3,(H,20,24)(H,19,21,25). The van der Waals surface area contributed by atoms with Crippen molar-refractivity contribution in [3.63, 3.8) is 0 Å². The first kappa shape index (κ1) is 20.5. The molecule has 1 heterocycles. The number of nitrogens with one attached hydrogen (secondary N) is 2. The predicted octanol–water partition coefficient (Wildman–Crippen LogP) is 2.57. The van der Waals surface area contributed by atoms with Crippen molar-refractivity contribution in [3.05, 3.63) is 56.7 Å². The Morgan fingerprint density at radius 2 is 1.85 bits per heavy atom. The van der Waals surface area contributed by atoms with Gasteiger partial charge in [-0.1, -0.05) is 6.07 Å². The van der Waals surface area contributed by atoms with E-state index in [1.165, 1.54) is 17.0 Å². The van der Waals surface area contributed by atoms with E-state index in [0.717, 1.165) is 10.0 Å². The summed E-state index contributed by atoms with van der Waals surface area (Å²) in [6.07, 6.45) is 1.56. The van der Waals surface area contributed by atoms with Crippen molar-refractivity contribution >= 4 is 44.9 Å². The van der Waals surface area contributed by atoms with Gasteiger partial charge in [-0.3, -0.25) is 24.6 Å². The Morgan fingerprint density at radius 3 is 2.44 bits per heavy atom. The normalized spacial score (nSPS) is 10.5. The summed E-state index contributed by atoms with van der Waals surface area (Å²) >= 11 is 3.25. The second-order valence-electron chi connectivity index (χ2n) is 5.91. The molecule has 0 unspecified atom stereocenters. The van der Waals surface area contributed by atoms with Gasteiger partial charge in [0.1, 0.15) is 11.5 Å². The number of pyridine rings is 1. The van der Waals surface area contributed by atoms with E-state index >= 15 is 0 Å². The Bertz CT molecular complexity index is 857. The maximum Gasteiger partial charge on any atom is 0.293 e. The van der Waals surface area contributed by atoms with Gasteiger partial charge in [-0.15, -0.1) is 0 Å². The van der Waals surface area contributed by atoms with Crippen LogP contribution in [0.1, 0.15) is 5.56 Å². The highest BCUT2D eigenvalue weighted by atomic mass is 79.9. The minimum Gasteiger partial charge on any atom is -0.319 e. The fraction of sp³-hybridized carbons (Fsp3) is 0.235. The monoisotopic (exact) mass is 435 g/mol. The number of hydrogen-bond acceptors (Lipinski definition) is 6. The zero-order valence-corrected chi connectivity index (χ0v) is 16.3. The molecule has 1 aromatic heterocycles. The number of nitro benzene ring substituents is 1. The molecule has 0 radical (unpaired) electrons. The van der Waals surface area contributed by atoms with Gasteiger partial charge >= 0.3 is 0 Å². The van der Waals surface area contributed by atoms with E-state index in [4.69, 9.17) is 0 Å². The van der Waals surface area contributed by atoms with E-state index in [-0.39, 0.29) is 30.4 Å². The zero-order valence-electron chi connectivity index (χ0n) is 14.7. The van der Waals surface area contributed by atoms with E-state index in [2.05, 4.69) is 31.5 Å². The van der Waals surface area contributed by atoms with Crippen LogP contribution in [0, 0.1) is 17.0 Å². The zero-order chi connectivity index (χ0) is 20.0. The maximum absolute atomic E-state index is 12.1. The van der Waals surface area contributed by atoms with Crippen LogP contribution in [-0.4, -0.2) is 46.8 Å².